The first-order valence-corrected chi connectivity index (χ1v) is 6.21. The van der Waals surface area contributed by atoms with E-state index in [1.807, 2.05) is 6.92 Å². The van der Waals surface area contributed by atoms with Crippen LogP contribution in [0.25, 0.3) is 0 Å². The third kappa shape index (κ3) is 2.75. The van der Waals surface area contributed by atoms with Crippen molar-refractivity contribution in [3.8, 4) is 17.2 Å². The van der Waals surface area contributed by atoms with Crippen molar-refractivity contribution in [2.75, 3.05) is 13.2 Å². The lowest BCUT2D eigenvalue weighted by atomic mass is 9.96. The fourth-order valence-electron chi connectivity index (χ4n) is 2.17. The number of aliphatic hydroxyl groups is 1. The summed E-state index contributed by atoms with van der Waals surface area (Å²) in [5, 5.41) is 41.5. The zero-order valence-electron chi connectivity index (χ0n) is 10.8. The summed E-state index contributed by atoms with van der Waals surface area (Å²) in [5.41, 5.74) is -0.459. The second-order valence-corrected chi connectivity index (χ2v) is 4.91. The zero-order valence-corrected chi connectivity index (χ0v) is 10.8. The van der Waals surface area contributed by atoms with E-state index in [1.54, 1.807) is 0 Å². The molecule has 1 aliphatic heterocycles. The van der Waals surface area contributed by atoms with Crippen LogP contribution in [0.4, 0.5) is 0 Å². The maximum atomic E-state index is 10.3. The first-order valence-electron chi connectivity index (χ1n) is 6.21. The lowest BCUT2D eigenvalue weighted by Crippen LogP contribution is -2.45. The summed E-state index contributed by atoms with van der Waals surface area (Å²) in [6.07, 6.45) is 0.329. The molecule has 0 bridgehead atoms. The van der Waals surface area contributed by atoms with Gasteiger partial charge in [0.25, 0.3) is 0 Å². The van der Waals surface area contributed by atoms with E-state index < -0.39 is 11.4 Å². The molecule has 1 aromatic rings. The van der Waals surface area contributed by atoms with Crippen LogP contribution in [0, 0.1) is 0 Å². The van der Waals surface area contributed by atoms with E-state index in [0.29, 0.717) is 25.1 Å². The molecule has 19 heavy (non-hydrogen) atoms. The van der Waals surface area contributed by atoms with Gasteiger partial charge in [0.05, 0.1) is 6.10 Å². The van der Waals surface area contributed by atoms with Gasteiger partial charge >= 0.3 is 0 Å². The quantitative estimate of drug-likeness (QED) is 0.508. The maximum absolute atomic E-state index is 10.3. The Morgan fingerprint density at radius 2 is 2.05 bits per heavy atom. The number of phenols is 3. The van der Waals surface area contributed by atoms with Gasteiger partial charge in [-0.15, -0.1) is 0 Å². The number of rotatable bonds is 4. The van der Waals surface area contributed by atoms with E-state index in [-0.39, 0.29) is 24.1 Å². The molecule has 5 N–H and O–H groups in total. The minimum absolute atomic E-state index is 0.234. The third-order valence-electron chi connectivity index (χ3n) is 3.62. The first-order chi connectivity index (χ1) is 8.94. The second kappa shape index (κ2) is 5.24. The molecular weight excluding hydrogens is 250 g/mol. The standard InChI is InChI=1S/C13H19NO5/c1-8-13(18,4-5-19-8)7-14-6-9-2-3-10(15)12(17)11(9)16/h2-3,8,14-18H,4-7H2,1H3. The van der Waals surface area contributed by atoms with Crippen LogP contribution in [-0.4, -0.2) is 45.3 Å². The monoisotopic (exact) mass is 269 g/mol. The summed E-state index contributed by atoms with van der Waals surface area (Å²) >= 11 is 0. The molecule has 0 radical (unpaired) electrons. The van der Waals surface area contributed by atoms with Gasteiger partial charge in [0.2, 0.25) is 5.75 Å². The topological polar surface area (TPSA) is 102 Å². The molecule has 0 aliphatic carbocycles. The Kier molecular flexibility index (Phi) is 3.84. The van der Waals surface area contributed by atoms with Crippen LogP contribution in [0.15, 0.2) is 12.1 Å². The average Bonchev–Trinajstić information content (AvgIpc) is 2.70. The predicted octanol–water partition coefficient (Wildman–Crippen LogP) is 0.433. The van der Waals surface area contributed by atoms with Crippen molar-refractivity contribution in [3.63, 3.8) is 0 Å². The van der Waals surface area contributed by atoms with Crippen LogP contribution in [0.2, 0.25) is 0 Å². The minimum atomic E-state index is -0.908. The molecule has 1 aliphatic rings. The molecule has 6 nitrogen and oxygen atoms in total. The highest BCUT2D eigenvalue weighted by Crippen LogP contribution is 2.37. The van der Waals surface area contributed by atoms with Crippen molar-refractivity contribution < 1.29 is 25.2 Å². The van der Waals surface area contributed by atoms with Crippen molar-refractivity contribution in [2.45, 2.75) is 31.6 Å². The molecule has 0 spiro atoms. The Hall–Kier alpha value is -1.50. The van der Waals surface area contributed by atoms with Gasteiger partial charge in [-0.05, 0) is 13.0 Å². The predicted molar refractivity (Wildman–Crippen MR) is 68.1 cm³/mol. The normalized spacial score (nSPS) is 26.7. The molecule has 6 heteroatoms. The van der Waals surface area contributed by atoms with E-state index in [4.69, 9.17) is 4.74 Å². The number of nitrogens with one attached hydrogen (secondary N) is 1. The summed E-state index contributed by atoms with van der Waals surface area (Å²) < 4.78 is 5.32. The smallest absolute Gasteiger partial charge is 0.200 e. The zero-order chi connectivity index (χ0) is 14.0. The number of benzene rings is 1. The second-order valence-electron chi connectivity index (χ2n) is 4.91. The van der Waals surface area contributed by atoms with Gasteiger partial charge in [-0.3, -0.25) is 0 Å². The minimum Gasteiger partial charge on any atom is -0.504 e. The Bertz CT molecular complexity index is 465. The summed E-state index contributed by atoms with van der Waals surface area (Å²) in [6, 6.07) is 2.82. The highest BCUT2D eigenvalue weighted by molar-refractivity contribution is 5.52. The van der Waals surface area contributed by atoms with E-state index in [9.17, 15) is 20.4 Å². The van der Waals surface area contributed by atoms with Gasteiger partial charge in [0.15, 0.2) is 11.5 Å². The molecule has 2 unspecified atom stereocenters. The summed E-state index contributed by atoms with van der Waals surface area (Å²) in [6.45, 7) is 2.95. The van der Waals surface area contributed by atoms with Crippen LogP contribution in [-0.2, 0) is 11.3 Å². The van der Waals surface area contributed by atoms with Crippen LogP contribution >= 0.6 is 0 Å². The molecule has 1 saturated heterocycles. The number of aromatic hydroxyl groups is 3. The molecule has 1 aromatic carbocycles. The largest absolute Gasteiger partial charge is 0.504 e. The van der Waals surface area contributed by atoms with Crippen LogP contribution in [0.3, 0.4) is 0 Å². The summed E-state index contributed by atoms with van der Waals surface area (Å²) in [7, 11) is 0. The van der Waals surface area contributed by atoms with Gasteiger partial charge in [-0.25, -0.2) is 0 Å². The van der Waals surface area contributed by atoms with E-state index in [1.165, 1.54) is 12.1 Å². The van der Waals surface area contributed by atoms with Gasteiger partial charge in [0.1, 0.15) is 5.60 Å². The molecular formula is C13H19NO5. The number of hydrogen-bond donors (Lipinski definition) is 5. The highest BCUT2D eigenvalue weighted by Gasteiger charge is 2.38. The molecule has 0 amide bonds. The number of ether oxygens (including phenoxy) is 1. The number of hydrogen-bond acceptors (Lipinski definition) is 6. The van der Waals surface area contributed by atoms with Crippen LogP contribution in [0.1, 0.15) is 18.9 Å². The van der Waals surface area contributed by atoms with Crippen molar-refractivity contribution >= 4 is 0 Å². The Labute approximate surface area is 111 Å². The average molecular weight is 269 g/mol. The molecule has 106 valence electrons. The summed E-state index contributed by atoms with van der Waals surface area (Å²) in [4.78, 5) is 0. The highest BCUT2D eigenvalue weighted by atomic mass is 16.5. The maximum Gasteiger partial charge on any atom is 0.200 e. The third-order valence-corrected chi connectivity index (χ3v) is 3.62. The molecule has 0 saturated carbocycles. The van der Waals surface area contributed by atoms with Crippen molar-refractivity contribution in [1.82, 2.24) is 5.32 Å². The fraction of sp³-hybridized carbons (Fsp3) is 0.538. The molecule has 1 fully saturated rings. The van der Waals surface area contributed by atoms with Crippen molar-refractivity contribution in [1.29, 1.82) is 0 Å². The first kappa shape index (κ1) is 13.9. The van der Waals surface area contributed by atoms with Crippen LogP contribution in [0.5, 0.6) is 17.2 Å². The van der Waals surface area contributed by atoms with Crippen molar-refractivity contribution in [3.05, 3.63) is 17.7 Å². The SMILES string of the molecule is CC1OCCC1(O)CNCc1ccc(O)c(O)c1O. The Morgan fingerprint density at radius 1 is 1.32 bits per heavy atom. The van der Waals surface area contributed by atoms with Gasteiger partial charge in [-0.2, -0.15) is 0 Å². The lowest BCUT2D eigenvalue weighted by Gasteiger charge is -2.26. The van der Waals surface area contributed by atoms with Gasteiger partial charge < -0.3 is 30.5 Å². The van der Waals surface area contributed by atoms with Gasteiger partial charge in [-0.1, -0.05) is 6.07 Å². The molecule has 1 heterocycles. The van der Waals surface area contributed by atoms with E-state index in [2.05, 4.69) is 5.32 Å². The van der Waals surface area contributed by atoms with Crippen molar-refractivity contribution in [2.24, 2.45) is 0 Å². The lowest BCUT2D eigenvalue weighted by molar-refractivity contribution is -0.0263. The number of phenolic OH excluding ortho intramolecular Hbond substituents is 3. The fourth-order valence-corrected chi connectivity index (χ4v) is 2.17. The van der Waals surface area contributed by atoms with E-state index in [0.717, 1.165) is 0 Å². The van der Waals surface area contributed by atoms with E-state index >= 15 is 0 Å². The Balaban J connectivity index is 1.95. The van der Waals surface area contributed by atoms with Gasteiger partial charge in [0, 0.05) is 31.7 Å². The van der Waals surface area contributed by atoms with Crippen LogP contribution < -0.4 is 5.32 Å². The molecule has 0 aromatic heterocycles. The summed E-state index contributed by atoms with van der Waals surface area (Å²) in [5.74, 6) is -1.25. The molecule has 2 rings (SSSR count). The Morgan fingerprint density at radius 3 is 2.68 bits per heavy atom. The molecule has 2 atom stereocenters.